The van der Waals surface area contributed by atoms with Crippen LogP contribution in [0.3, 0.4) is 0 Å². The maximum atomic E-state index is 11.7. The third-order valence-corrected chi connectivity index (χ3v) is 2.59. The predicted molar refractivity (Wildman–Crippen MR) is 58.7 cm³/mol. The summed E-state index contributed by atoms with van der Waals surface area (Å²) in [6, 6.07) is 0. The fourth-order valence-corrected chi connectivity index (χ4v) is 1.72. The Morgan fingerprint density at radius 2 is 2.00 bits per heavy atom. The van der Waals surface area contributed by atoms with Crippen molar-refractivity contribution >= 4 is 0 Å². The largest absolute Gasteiger partial charge is 0.299 e. The molecule has 0 fully saturated rings. The minimum absolute atomic E-state index is 0.168. The molecule has 80 valence electrons. The Morgan fingerprint density at radius 3 is 2.50 bits per heavy atom. The van der Waals surface area contributed by atoms with Gasteiger partial charge in [0.25, 0.3) is 5.56 Å². The van der Waals surface area contributed by atoms with Crippen LogP contribution in [0, 0.1) is 0 Å². The van der Waals surface area contributed by atoms with Crippen molar-refractivity contribution in [3.8, 4) is 0 Å². The first-order valence-corrected chi connectivity index (χ1v) is 5.55. The number of rotatable bonds is 5. The minimum Gasteiger partial charge on any atom is -0.299 e. The molecule has 0 aliphatic heterocycles. The van der Waals surface area contributed by atoms with Gasteiger partial charge in [0, 0.05) is 17.8 Å². The van der Waals surface area contributed by atoms with Crippen LogP contribution in [-0.2, 0) is 19.4 Å². The summed E-state index contributed by atoms with van der Waals surface area (Å²) in [5.41, 5.74) is 2.28. The van der Waals surface area contributed by atoms with Crippen molar-refractivity contribution in [3.63, 3.8) is 0 Å². The first-order chi connectivity index (χ1) is 6.74. The average molecular weight is 196 g/mol. The van der Waals surface area contributed by atoms with Gasteiger partial charge in [-0.15, -0.1) is 0 Å². The van der Waals surface area contributed by atoms with E-state index in [1.807, 2.05) is 13.8 Å². The number of aromatic nitrogens is 2. The minimum atomic E-state index is 0.168. The Hall–Kier alpha value is -0.990. The molecule has 1 aromatic heterocycles. The Kier molecular flexibility index (Phi) is 3.98. The Morgan fingerprint density at radius 1 is 1.29 bits per heavy atom. The second-order valence-corrected chi connectivity index (χ2v) is 3.58. The highest BCUT2D eigenvalue weighted by Crippen LogP contribution is 2.06. The van der Waals surface area contributed by atoms with E-state index in [2.05, 4.69) is 12.0 Å². The van der Waals surface area contributed by atoms with Gasteiger partial charge in [-0.3, -0.25) is 14.6 Å². The molecule has 1 rings (SSSR count). The normalized spacial score (nSPS) is 10.8. The first-order valence-electron chi connectivity index (χ1n) is 5.55. The summed E-state index contributed by atoms with van der Waals surface area (Å²) in [7, 11) is 0. The number of nitrogens with one attached hydrogen (secondary N) is 1. The van der Waals surface area contributed by atoms with Crippen LogP contribution in [0.25, 0.3) is 0 Å². The quantitative estimate of drug-likeness (QED) is 0.769. The van der Waals surface area contributed by atoms with Crippen LogP contribution in [0.1, 0.15) is 44.9 Å². The van der Waals surface area contributed by atoms with Gasteiger partial charge >= 0.3 is 0 Å². The van der Waals surface area contributed by atoms with E-state index < -0.39 is 0 Å². The molecule has 3 heteroatoms. The lowest BCUT2D eigenvalue weighted by molar-refractivity contribution is 0.621. The Bertz CT molecular complexity index is 336. The summed E-state index contributed by atoms with van der Waals surface area (Å²) in [6.45, 7) is 6.93. The molecular weight excluding hydrogens is 176 g/mol. The standard InChI is InChI=1S/C11H20N2O/c1-4-7-8-10-9(5-2)11(14)13(6-3)12-10/h12H,4-8H2,1-3H3. The summed E-state index contributed by atoms with van der Waals surface area (Å²) in [6.07, 6.45) is 4.16. The van der Waals surface area contributed by atoms with E-state index in [0.717, 1.165) is 37.1 Å². The van der Waals surface area contributed by atoms with Crippen molar-refractivity contribution in [2.45, 2.75) is 53.0 Å². The van der Waals surface area contributed by atoms with Crippen LogP contribution in [0.2, 0.25) is 0 Å². The lowest BCUT2D eigenvalue weighted by Crippen LogP contribution is -2.17. The smallest absolute Gasteiger partial charge is 0.269 e. The monoisotopic (exact) mass is 196 g/mol. The van der Waals surface area contributed by atoms with Crippen molar-refractivity contribution in [2.75, 3.05) is 0 Å². The van der Waals surface area contributed by atoms with Gasteiger partial charge in [-0.25, -0.2) is 0 Å². The first kappa shape index (κ1) is 11.1. The number of hydrogen-bond donors (Lipinski definition) is 1. The lowest BCUT2D eigenvalue weighted by atomic mass is 10.1. The number of hydrogen-bond acceptors (Lipinski definition) is 1. The van der Waals surface area contributed by atoms with Gasteiger partial charge in [-0.2, -0.15) is 0 Å². The molecule has 0 amide bonds. The van der Waals surface area contributed by atoms with Crippen molar-refractivity contribution in [1.82, 2.24) is 9.78 Å². The highest BCUT2D eigenvalue weighted by Gasteiger charge is 2.10. The maximum Gasteiger partial charge on any atom is 0.269 e. The molecule has 0 aliphatic rings. The molecule has 1 N–H and O–H groups in total. The highest BCUT2D eigenvalue weighted by atomic mass is 16.1. The van der Waals surface area contributed by atoms with Crippen LogP contribution >= 0.6 is 0 Å². The van der Waals surface area contributed by atoms with E-state index in [9.17, 15) is 4.79 Å². The third-order valence-electron chi connectivity index (χ3n) is 2.59. The summed E-state index contributed by atoms with van der Waals surface area (Å²) >= 11 is 0. The zero-order valence-corrected chi connectivity index (χ0v) is 9.39. The molecule has 0 atom stereocenters. The average Bonchev–Trinajstić information content (AvgIpc) is 2.51. The van der Waals surface area contributed by atoms with Crippen LogP contribution in [0.5, 0.6) is 0 Å². The van der Waals surface area contributed by atoms with Gasteiger partial charge in [0.1, 0.15) is 0 Å². The molecule has 0 aliphatic carbocycles. The fourth-order valence-electron chi connectivity index (χ4n) is 1.72. The molecule has 0 unspecified atom stereocenters. The molecule has 14 heavy (non-hydrogen) atoms. The Labute approximate surface area is 85.1 Å². The number of aromatic amines is 1. The summed E-state index contributed by atoms with van der Waals surface area (Å²) in [5.74, 6) is 0. The maximum absolute atomic E-state index is 11.7. The number of H-pyrrole nitrogens is 1. The Balaban J connectivity index is 2.97. The zero-order valence-electron chi connectivity index (χ0n) is 9.39. The van der Waals surface area contributed by atoms with Crippen LogP contribution in [0.4, 0.5) is 0 Å². The van der Waals surface area contributed by atoms with Gasteiger partial charge in [-0.1, -0.05) is 20.3 Å². The molecule has 0 spiro atoms. The predicted octanol–water partition coefficient (Wildman–Crippen LogP) is 2.10. The SMILES string of the molecule is CCCCc1[nH]n(CC)c(=O)c1CC. The molecule has 1 aromatic rings. The number of unbranched alkanes of at least 4 members (excludes halogenated alkanes) is 1. The number of nitrogens with zero attached hydrogens (tertiary/aromatic N) is 1. The van der Waals surface area contributed by atoms with Crippen molar-refractivity contribution in [3.05, 3.63) is 21.6 Å². The zero-order chi connectivity index (χ0) is 10.6. The van der Waals surface area contributed by atoms with E-state index in [1.165, 1.54) is 6.42 Å². The third kappa shape index (κ3) is 2.08. The summed E-state index contributed by atoms with van der Waals surface area (Å²) in [5, 5.41) is 3.19. The molecule has 0 bridgehead atoms. The highest BCUT2D eigenvalue weighted by molar-refractivity contribution is 5.17. The molecule has 1 heterocycles. The second-order valence-electron chi connectivity index (χ2n) is 3.58. The van der Waals surface area contributed by atoms with Gasteiger partial charge in [-0.05, 0) is 26.2 Å². The molecular formula is C11H20N2O. The second kappa shape index (κ2) is 5.03. The van der Waals surface area contributed by atoms with E-state index in [4.69, 9.17) is 0 Å². The molecule has 0 radical (unpaired) electrons. The fraction of sp³-hybridized carbons (Fsp3) is 0.727. The van der Waals surface area contributed by atoms with Crippen LogP contribution in [-0.4, -0.2) is 9.78 Å². The summed E-state index contributed by atoms with van der Waals surface area (Å²) in [4.78, 5) is 11.7. The van der Waals surface area contributed by atoms with E-state index in [1.54, 1.807) is 4.68 Å². The molecule has 0 saturated heterocycles. The van der Waals surface area contributed by atoms with Gasteiger partial charge in [0.05, 0.1) is 0 Å². The van der Waals surface area contributed by atoms with E-state index >= 15 is 0 Å². The van der Waals surface area contributed by atoms with Gasteiger partial charge < -0.3 is 0 Å². The molecule has 0 saturated carbocycles. The molecule has 3 nitrogen and oxygen atoms in total. The van der Waals surface area contributed by atoms with E-state index in [-0.39, 0.29) is 5.56 Å². The number of aryl methyl sites for hydroxylation is 2. The van der Waals surface area contributed by atoms with Crippen LogP contribution < -0.4 is 5.56 Å². The van der Waals surface area contributed by atoms with Crippen molar-refractivity contribution < 1.29 is 0 Å². The van der Waals surface area contributed by atoms with Gasteiger partial charge in [0.15, 0.2) is 0 Å². The summed E-state index contributed by atoms with van der Waals surface area (Å²) < 4.78 is 1.70. The van der Waals surface area contributed by atoms with Crippen molar-refractivity contribution in [2.24, 2.45) is 0 Å². The van der Waals surface area contributed by atoms with Gasteiger partial charge in [0.2, 0.25) is 0 Å². The topological polar surface area (TPSA) is 37.8 Å². The molecule has 0 aromatic carbocycles. The van der Waals surface area contributed by atoms with Crippen molar-refractivity contribution in [1.29, 1.82) is 0 Å². The van der Waals surface area contributed by atoms with E-state index in [0.29, 0.717) is 0 Å². The van der Waals surface area contributed by atoms with Crippen LogP contribution in [0.15, 0.2) is 4.79 Å². The lowest BCUT2D eigenvalue weighted by Gasteiger charge is -1.98.